The average molecular weight is 224 g/mol. The molecule has 0 heterocycles. The molecule has 0 fully saturated rings. The van der Waals surface area contributed by atoms with Gasteiger partial charge in [-0.2, -0.15) is 0 Å². The highest BCUT2D eigenvalue weighted by atomic mass is 19.1. The minimum atomic E-state index is -0.580. The molecular weight excluding hydrogens is 207 g/mol. The van der Waals surface area contributed by atoms with Gasteiger partial charge in [-0.3, -0.25) is 4.79 Å². The van der Waals surface area contributed by atoms with Crippen LogP contribution in [0.25, 0.3) is 0 Å². The van der Waals surface area contributed by atoms with Gasteiger partial charge in [0, 0.05) is 5.69 Å². The minimum absolute atomic E-state index is 0.0506. The molecule has 1 atom stereocenters. The van der Waals surface area contributed by atoms with E-state index in [4.69, 9.17) is 5.73 Å². The molecule has 1 amide bonds. The van der Waals surface area contributed by atoms with E-state index < -0.39 is 6.04 Å². The third-order valence-electron chi connectivity index (χ3n) is 2.33. The van der Waals surface area contributed by atoms with Crippen LogP contribution >= 0.6 is 0 Å². The van der Waals surface area contributed by atoms with Crippen molar-refractivity contribution in [2.24, 2.45) is 11.7 Å². The molecule has 0 radical (unpaired) electrons. The van der Waals surface area contributed by atoms with E-state index in [2.05, 4.69) is 5.32 Å². The number of rotatable bonds is 3. The van der Waals surface area contributed by atoms with Crippen LogP contribution in [0.5, 0.6) is 0 Å². The summed E-state index contributed by atoms with van der Waals surface area (Å²) in [6.45, 7) is 5.49. The van der Waals surface area contributed by atoms with Crippen LogP contribution in [-0.4, -0.2) is 11.9 Å². The monoisotopic (exact) mass is 224 g/mol. The van der Waals surface area contributed by atoms with Crippen molar-refractivity contribution in [3.63, 3.8) is 0 Å². The lowest BCUT2D eigenvalue weighted by atomic mass is 10.0. The van der Waals surface area contributed by atoms with E-state index in [0.717, 1.165) is 5.56 Å². The van der Waals surface area contributed by atoms with Crippen LogP contribution in [0.1, 0.15) is 19.4 Å². The van der Waals surface area contributed by atoms with E-state index in [-0.39, 0.29) is 17.6 Å². The molecule has 1 aromatic rings. The SMILES string of the molecule is Cc1cc(F)cc(NC(=O)[C@@H](N)C(C)C)c1. The molecule has 0 saturated heterocycles. The Labute approximate surface area is 94.8 Å². The number of hydrogen-bond acceptors (Lipinski definition) is 2. The van der Waals surface area contributed by atoms with Gasteiger partial charge in [0.1, 0.15) is 5.82 Å². The molecule has 16 heavy (non-hydrogen) atoms. The Kier molecular flexibility index (Phi) is 4.01. The summed E-state index contributed by atoms with van der Waals surface area (Å²) < 4.78 is 13.1. The van der Waals surface area contributed by atoms with Crippen LogP contribution < -0.4 is 11.1 Å². The highest BCUT2D eigenvalue weighted by molar-refractivity contribution is 5.94. The van der Waals surface area contributed by atoms with Crippen molar-refractivity contribution >= 4 is 11.6 Å². The maximum absolute atomic E-state index is 13.1. The summed E-state index contributed by atoms with van der Waals surface area (Å²) in [5.74, 6) is -0.608. The Balaban J connectivity index is 2.77. The molecule has 0 saturated carbocycles. The lowest BCUT2D eigenvalue weighted by Gasteiger charge is -2.15. The van der Waals surface area contributed by atoms with Gasteiger partial charge in [0.05, 0.1) is 6.04 Å². The first kappa shape index (κ1) is 12.6. The summed E-state index contributed by atoms with van der Waals surface area (Å²) in [4.78, 5) is 11.6. The Hall–Kier alpha value is -1.42. The van der Waals surface area contributed by atoms with Crippen LogP contribution in [0.4, 0.5) is 10.1 Å². The first-order valence-corrected chi connectivity index (χ1v) is 5.24. The molecule has 88 valence electrons. The van der Waals surface area contributed by atoms with E-state index in [0.29, 0.717) is 5.69 Å². The van der Waals surface area contributed by atoms with E-state index in [9.17, 15) is 9.18 Å². The van der Waals surface area contributed by atoms with Crippen molar-refractivity contribution in [2.75, 3.05) is 5.32 Å². The molecule has 0 spiro atoms. The third-order valence-corrected chi connectivity index (χ3v) is 2.33. The van der Waals surface area contributed by atoms with Gasteiger partial charge >= 0.3 is 0 Å². The molecule has 4 heteroatoms. The smallest absolute Gasteiger partial charge is 0.241 e. The predicted octanol–water partition coefficient (Wildman–Crippen LogP) is 2.06. The van der Waals surface area contributed by atoms with Gasteiger partial charge in [-0.15, -0.1) is 0 Å². The quantitative estimate of drug-likeness (QED) is 0.825. The Morgan fingerprint density at radius 2 is 2.00 bits per heavy atom. The average Bonchev–Trinajstić information content (AvgIpc) is 2.14. The number of hydrogen-bond donors (Lipinski definition) is 2. The first-order chi connectivity index (χ1) is 7.40. The molecule has 3 nitrogen and oxygen atoms in total. The molecule has 0 aliphatic carbocycles. The highest BCUT2D eigenvalue weighted by Gasteiger charge is 2.17. The van der Waals surface area contributed by atoms with Gasteiger partial charge in [0.25, 0.3) is 0 Å². The number of nitrogens with one attached hydrogen (secondary N) is 1. The molecule has 0 aliphatic heterocycles. The zero-order valence-corrected chi connectivity index (χ0v) is 9.75. The normalized spacial score (nSPS) is 12.6. The summed E-state index contributed by atoms with van der Waals surface area (Å²) in [5, 5.41) is 2.60. The maximum Gasteiger partial charge on any atom is 0.241 e. The van der Waals surface area contributed by atoms with Crippen molar-refractivity contribution in [2.45, 2.75) is 26.8 Å². The fourth-order valence-corrected chi connectivity index (χ4v) is 1.34. The maximum atomic E-state index is 13.1. The number of carbonyl (C=O) groups is 1. The lowest BCUT2D eigenvalue weighted by molar-refractivity contribution is -0.118. The van der Waals surface area contributed by atoms with E-state index >= 15 is 0 Å². The lowest BCUT2D eigenvalue weighted by Crippen LogP contribution is -2.39. The van der Waals surface area contributed by atoms with Gasteiger partial charge in [0.2, 0.25) is 5.91 Å². The second-order valence-electron chi connectivity index (χ2n) is 4.28. The van der Waals surface area contributed by atoms with Gasteiger partial charge < -0.3 is 11.1 Å². The fourth-order valence-electron chi connectivity index (χ4n) is 1.34. The Morgan fingerprint density at radius 3 is 2.50 bits per heavy atom. The second kappa shape index (κ2) is 5.07. The Bertz CT molecular complexity index is 370. The fraction of sp³-hybridized carbons (Fsp3) is 0.417. The van der Waals surface area contributed by atoms with Gasteiger partial charge in [0.15, 0.2) is 0 Å². The van der Waals surface area contributed by atoms with Gasteiger partial charge in [-0.05, 0) is 36.6 Å². The van der Waals surface area contributed by atoms with Crippen molar-refractivity contribution in [1.82, 2.24) is 0 Å². The minimum Gasteiger partial charge on any atom is -0.325 e. The zero-order chi connectivity index (χ0) is 12.3. The summed E-state index contributed by atoms with van der Waals surface area (Å²) in [6.07, 6.45) is 0. The van der Waals surface area contributed by atoms with E-state index in [1.54, 1.807) is 13.0 Å². The largest absolute Gasteiger partial charge is 0.325 e. The van der Waals surface area contributed by atoms with Crippen LogP contribution in [0.3, 0.4) is 0 Å². The van der Waals surface area contributed by atoms with Gasteiger partial charge in [-0.1, -0.05) is 13.8 Å². The third kappa shape index (κ3) is 3.31. The number of benzene rings is 1. The topological polar surface area (TPSA) is 55.1 Å². The van der Waals surface area contributed by atoms with Crippen molar-refractivity contribution in [3.05, 3.63) is 29.6 Å². The first-order valence-electron chi connectivity index (χ1n) is 5.24. The van der Waals surface area contributed by atoms with Crippen molar-refractivity contribution in [1.29, 1.82) is 0 Å². The van der Waals surface area contributed by atoms with Gasteiger partial charge in [-0.25, -0.2) is 4.39 Å². The van der Waals surface area contributed by atoms with Crippen LogP contribution in [0, 0.1) is 18.7 Å². The number of aryl methyl sites for hydroxylation is 1. The highest BCUT2D eigenvalue weighted by Crippen LogP contribution is 2.14. The summed E-state index contributed by atoms with van der Waals surface area (Å²) in [7, 11) is 0. The number of amides is 1. The van der Waals surface area contributed by atoms with Crippen LogP contribution in [-0.2, 0) is 4.79 Å². The zero-order valence-electron chi connectivity index (χ0n) is 9.75. The predicted molar refractivity (Wildman–Crippen MR) is 62.6 cm³/mol. The molecule has 1 aromatic carbocycles. The van der Waals surface area contributed by atoms with E-state index in [1.807, 2.05) is 13.8 Å². The summed E-state index contributed by atoms with van der Waals surface area (Å²) in [5.41, 5.74) is 6.88. The molecule has 0 aliphatic rings. The molecule has 0 bridgehead atoms. The van der Waals surface area contributed by atoms with Crippen LogP contribution in [0.15, 0.2) is 18.2 Å². The number of nitrogens with two attached hydrogens (primary N) is 1. The molecule has 0 unspecified atom stereocenters. The van der Waals surface area contributed by atoms with E-state index in [1.165, 1.54) is 12.1 Å². The number of carbonyl (C=O) groups excluding carboxylic acids is 1. The summed E-state index contributed by atoms with van der Waals surface area (Å²) in [6, 6.07) is 3.80. The van der Waals surface area contributed by atoms with Crippen molar-refractivity contribution in [3.8, 4) is 0 Å². The number of halogens is 1. The molecular formula is C12H17FN2O. The molecule has 0 aromatic heterocycles. The standard InChI is InChI=1S/C12H17FN2O/c1-7(2)11(14)12(16)15-10-5-8(3)4-9(13)6-10/h4-7,11H,14H2,1-3H3,(H,15,16)/t11-/m0/s1. The molecule has 3 N–H and O–H groups in total. The number of anilines is 1. The van der Waals surface area contributed by atoms with Crippen molar-refractivity contribution < 1.29 is 9.18 Å². The second-order valence-corrected chi connectivity index (χ2v) is 4.28. The summed E-state index contributed by atoms with van der Waals surface area (Å²) >= 11 is 0. The molecule has 1 rings (SSSR count). The van der Waals surface area contributed by atoms with Crippen LogP contribution in [0.2, 0.25) is 0 Å². The Morgan fingerprint density at radius 1 is 1.38 bits per heavy atom.